The van der Waals surface area contributed by atoms with Gasteiger partial charge in [0.1, 0.15) is 11.6 Å². The van der Waals surface area contributed by atoms with Gasteiger partial charge in [-0.05, 0) is 24.3 Å². The molecule has 0 spiro atoms. The van der Waals surface area contributed by atoms with E-state index in [0.717, 1.165) is 12.0 Å². The van der Waals surface area contributed by atoms with Gasteiger partial charge in [0.15, 0.2) is 0 Å². The summed E-state index contributed by atoms with van der Waals surface area (Å²) in [5.74, 6) is -2.33. The van der Waals surface area contributed by atoms with Gasteiger partial charge in [-0.3, -0.25) is 9.59 Å². The fourth-order valence-corrected chi connectivity index (χ4v) is 3.55. The van der Waals surface area contributed by atoms with E-state index in [2.05, 4.69) is 5.32 Å². The SMILES string of the molecule is CC1(C)[C@H](C(=O)O)[C@@H]1C(=O)NC1CCCOc2cc(F)ccc21. The van der Waals surface area contributed by atoms with E-state index >= 15 is 0 Å². The number of rotatable bonds is 3. The Kier molecular flexibility index (Phi) is 3.78. The summed E-state index contributed by atoms with van der Waals surface area (Å²) < 4.78 is 18.9. The van der Waals surface area contributed by atoms with Gasteiger partial charge >= 0.3 is 5.97 Å². The quantitative estimate of drug-likeness (QED) is 0.897. The number of amides is 1. The van der Waals surface area contributed by atoms with Gasteiger partial charge in [-0.1, -0.05) is 19.9 Å². The van der Waals surface area contributed by atoms with E-state index in [1.165, 1.54) is 12.1 Å². The van der Waals surface area contributed by atoms with Crippen LogP contribution in [0.25, 0.3) is 0 Å². The lowest BCUT2D eigenvalue weighted by atomic mass is 10.0. The molecule has 1 aliphatic heterocycles. The van der Waals surface area contributed by atoms with Gasteiger partial charge in [-0.2, -0.15) is 0 Å². The minimum absolute atomic E-state index is 0.260. The molecule has 0 bridgehead atoms. The maximum absolute atomic E-state index is 13.4. The van der Waals surface area contributed by atoms with Gasteiger partial charge in [-0.15, -0.1) is 0 Å². The Morgan fingerprint density at radius 3 is 2.74 bits per heavy atom. The average molecular weight is 321 g/mol. The van der Waals surface area contributed by atoms with Crippen molar-refractivity contribution >= 4 is 11.9 Å². The number of carbonyl (C=O) groups is 2. The molecule has 1 amide bonds. The highest BCUT2D eigenvalue weighted by Gasteiger charge is 2.66. The first-order chi connectivity index (χ1) is 10.8. The van der Waals surface area contributed by atoms with E-state index < -0.39 is 23.2 Å². The Morgan fingerprint density at radius 2 is 2.09 bits per heavy atom. The molecular formula is C17H20FNO4. The molecule has 124 valence electrons. The van der Waals surface area contributed by atoms with E-state index in [0.29, 0.717) is 18.8 Å². The predicted octanol–water partition coefficient (Wildman–Crippen LogP) is 2.51. The number of carbonyl (C=O) groups excluding carboxylic acids is 1. The summed E-state index contributed by atoms with van der Waals surface area (Å²) in [5.41, 5.74) is 0.200. The molecule has 0 radical (unpaired) electrons. The Labute approximate surface area is 133 Å². The molecule has 2 N–H and O–H groups in total. The zero-order valence-electron chi connectivity index (χ0n) is 13.1. The van der Waals surface area contributed by atoms with Crippen molar-refractivity contribution in [1.82, 2.24) is 5.32 Å². The van der Waals surface area contributed by atoms with Crippen LogP contribution in [0.4, 0.5) is 4.39 Å². The van der Waals surface area contributed by atoms with Crippen molar-refractivity contribution in [3.63, 3.8) is 0 Å². The van der Waals surface area contributed by atoms with Crippen LogP contribution in [-0.4, -0.2) is 23.6 Å². The number of fused-ring (bicyclic) bond motifs is 1. The minimum Gasteiger partial charge on any atom is -0.493 e. The molecule has 0 saturated heterocycles. The molecule has 1 aromatic carbocycles. The van der Waals surface area contributed by atoms with Gasteiger partial charge < -0.3 is 15.2 Å². The molecule has 1 aliphatic carbocycles. The van der Waals surface area contributed by atoms with Crippen molar-refractivity contribution in [2.24, 2.45) is 17.3 Å². The van der Waals surface area contributed by atoms with Gasteiger partial charge in [0, 0.05) is 11.6 Å². The monoisotopic (exact) mass is 321 g/mol. The first-order valence-corrected chi connectivity index (χ1v) is 7.78. The lowest BCUT2D eigenvalue weighted by Crippen LogP contribution is -2.31. The number of carboxylic acid groups (broad SMARTS) is 1. The summed E-state index contributed by atoms with van der Waals surface area (Å²) in [4.78, 5) is 23.7. The second-order valence-corrected chi connectivity index (χ2v) is 6.85. The van der Waals surface area contributed by atoms with Crippen molar-refractivity contribution in [2.45, 2.75) is 32.7 Å². The van der Waals surface area contributed by atoms with Crippen molar-refractivity contribution in [3.05, 3.63) is 29.6 Å². The van der Waals surface area contributed by atoms with Gasteiger partial charge in [0.25, 0.3) is 0 Å². The second-order valence-electron chi connectivity index (χ2n) is 6.85. The number of aliphatic carboxylic acids is 1. The van der Waals surface area contributed by atoms with Gasteiger partial charge in [-0.25, -0.2) is 4.39 Å². The van der Waals surface area contributed by atoms with Gasteiger partial charge in [0.2, 0.25) is 5.91 Å². The number of ether oxygens (including phenoxy) is 1. The van der Waals surface area contributed by atoms with E-state index in [4.69, 9.17) is 4.74 Å². The summed E-state index contributed by atoms with van der Waals surface area (Å²) in [6, 6.07) is 3.99. The molecule has 3 rings (SSSR count). The van der Waals surface area contributed by atoms with Crippen LogP contribution < -0.4 is 10.1 Å². The molecule has 23 heavy (non-hydrogen) atoms. The van der Waals surface area contributed by atoms with Crippen LogP contribution in [0.2, 0.25) is 0 Å². The van der Waals surface area contributed by atoms with Crippen LogP contribution in [0.1, 0.15) is 38.3 Å². The first-order valence-electron chi connectivity index (χ1n) is 7.78. The average Bonchev–Trinajstić information content (AvgIpc) is 3.10. The van der Waals surface area contributed by atoms with Crippen molar-refractivity contribution in [2.75, 3.05) is 6.61 Å². The molecule has 1 saturated carbocycles. The topological polar surface area (TPSA) is 75.6 Å². The summed E-state index contributed by atoms with van der Waals surface area (Å²) in [6.07, 6.45) is 1.41. The van der Waals surface area contributed by atoms with Crippen molar-refractivity contribution in [3.8, 4) is 5.75 Å². The Hall–Kier alpha value is -2.11. The van der Waals surface area contributed by atoms with Crippen LogP contribution in [-0.2, 0) is 9.59 Å². The first kappa shape index (κ1) is 15.8. The highest BCUT2D eigenvalue weighted by molar-refractivity contribution is 5.91. The van der Waals surface area contributed by atoms with Crippen LogP contribution in [0.15, 0.2) is 18.2 Å². The fourth-order valence-electron chi connectivity index (χ4n) is 3.55. The highest BCUT2D eigenvalue weighted by Crippen LogP contribution is 2.58. The number of benzene rings is 1. The maximum Gasteiger partial charge on any atom is 0.307 e. The fraction of sp³-hybridized carbons (Fsp3) is 0.529. The van der Waals surface area contributed by atoms with E-state index in [-0.39, 0.29) is 17.8 Å². The largest absolute Gasteiger partial charge is 0.493 e. The smallest absolute Gasteiger partial charge is 0.307 e. The summed E-state index contributed by atoms with van der Waals surface area (Å²) in [5, 5.41) is 12.1. The third-order valence-corrected chi connectivity index (χ3v) is 4.94. The van der Waals surface area contributed by atoms with Crippen LogP contribution in [0, 0.1) is 23.1 Å². The number of hydrogen-bond acceptors (Lipinski definition) is 3. The molecule has 0 aromatic heterocycles. The molecule has 3 atom stereocenters. The van der Waals surface area contributed by atoms with E-state index in [9.17, 15) is 19.1 Å². The van der Waals surface area contributed by atoms with Crippen molar-refractivity contribution in [1.29, 1.82) is 0 Å². The summed E-state index contributed by atoms with van der Waals surface area (Å²) in [6.45, 7) is 4.04. The maximum atomic E-state index is 13.4. The van der Waals surface area contributed by atoms with Crippen LogP contribution >= 0.6 is 0 Å². The van der Waals surface area contributed by atoms with Crippen LogP contribution in [0.3, 0.4) is 0 Å². The highest BCUT2D eigenvalue weighted by atomic mass is 19.1. The van der Waals surface area contributed by atoms with Crippen molar-refractivity contribution < 1.29 is 23.8 Å². The number of carboxylic acids is 1. The summed E-state index contributed by atoms with van der Waals surface area (Å²) in [7, 11) is 0. The van der Waals surface area contributed by atoms with E-state index in [1.807, 2.05) is 0 Å². The normalized spacial score (nSPS) is 28.0. The minimum atomic E-state index is -0.943. The summed E-state index contributed by atoms with van der Waals surface area (Å²) >= 11 is 0. The molecule has 1 fully saturated rings. The predicted molar refractivity (Wildman–Crippen MR) is 80.4 cm³/mol. The molecule has 6 heteroatoms. The molecule has 1 heterocycles. The molecular weight excluding hydrogens is 301 g/mol. The van der Waals surface area contributed by atoms with Gasteiger partial charge in [0.05, 0.1) is 24.5 Å². The number of hydrogen-bond donors (Lipinski definition) is 2. The molecule has 1 unspecified atom stereocenters. The lowest BCUT2D eigenvalue weighted by molar-refractivity contribution is -0.140. The third kappa shape index (κ3) is 2.78. The van der Waals surface area contributed by atoms with E-state index in [1.54, 1.807) is 19.9 Å². The third-order valence-electron chi connectivity index (χ3n) is 4.94. The standard InChI is InChI=1S/C17H20FNO4/c1-17(2)13(14(17)16(21)22)15(20)19-11-4-3-7-23-12-8-9(18)5-6-10(11)12/h5-6,8,11,13-14H,3-4,7H2,1-2H3,(H,19,20)(H,21,22)/t11?,13-,14+/m1/s1. The molecule has 1 aromatic rings. The van der Waals surface area contributed by atoms with Crippen LogP contribution in [0.5, 0.6) is 5.75 Å². The molecule has 2 aliphatic rings. The molecule has 5 nitrogen and oxygen atoms in total. The Balaban J connectivity index is 1.78. The zero-order valence-corrected chi connectivity index (χ0v) is 13.1. The second kappa shape index (κ2) is 5.51. The number of halogens is 1. The Bertz CT molecular complexity index is 658. The Morgan fingerprint density at radius 1 is 1.35 bits per heavy atom. The lowest BCUT2D eigenvalue weighted by Gasteiger charge is -2.19. The zero-order chi connectivity index (χ0) is 16.8. The number of nitrogens with one attached hydrogen (secondary N) is 1.